The van der Waals surface area contributed by atoms with Gasteiger partial charge in [0.15, 0.2) is 6.10 Å². The standard InChI is InChI=1S/C43H61ClN6O6/c1-3-4-5-8-25-55-39(51)29-47-18-11-32(12-19-47)33-13-20-48(21-14-33)41(52)38(28-31-26-30(2)40(45)36(44)27-31)56-43(54)49-22-16-35(17-23-49)50-24-15-34-9-6-7-10-37(34)46-42(50)53/h6-7,9-10,26-27,32-33,35,38H,3-5,8,11-25,28-29,45H2,1-2H3,(H,46,53)/t38-/m1/s1. The topological polar surface area (TPSA) is 138 Å². The van der Waals surface area contributed by atoms with Gasteiger partial charge in [0.25, 0.3) is 5.91 Å². The summed E-state index contributed by atoms with van der Waals surface area (Å²) in [6.45, 7) is 9.36. The van der Waals surface area contributed by atoms with E-state index >= 15 is 0 Å². The summed E-state index contributed by atoms with van der Waals surface area (Å²) in [7, 11) is 0. The molecule has 0 radical (unpaired) electrons. The Morgan fingerprint density at radius 3 is 2.27 bits per heavy atom. The first-order valence-corrected chi connectivity index (χ1v) is 21.3. The van der Waals surface area contributed by atoms with Crippen molar-refractivity contribution < 1.29 is 28.7 Å². The molecule has 0 unspecified atom stereocenters. The molecule has 56 heavy (non-hydrogen) atoms. The van der Waals surface area contributed by atoms with E-state index in [0.29, 0.717) is 81.3 Å². The van der Waals surface area contributed by atoms with Gasteiger partial charge in [-0.1, -0.05) is 62.1 Å². The van der Waals surface area contributed by atoms with Gasteiger partial charge in [0, 0.05) is 50.9 Å². The summed E-state index contributed by atoms with van der Waals surface area (Å²) < 4.78 is 11.6. The minimum atomic E-state index is -1.01. The number of halogens is 1. The van der Waals surface area contributed by atoms with Crippen LogP contribution in [0.5, 0.6) is 0 Å². The number of benzene rings is 2. The number of fused-ring (bicyclic) bond motifs is 1. The number of carbonyl (C=O) groups excluding carboxylic acids is 4. The van der Waals surface area contributed by atoms with Crippen LogP contribution in [-0.4, -0.2) is 115 Å². The number of ether oxygens (including phenoxy) is 2. The highest BCUT2D eigenvalue weighted by Crippen LogP contribution is 2.34. The number of carbonyl (C=O) groups is 4. The molecular weight excluding hydrogens is 732 g/mol. The largest absolute Gasteiger partial charge is 0.465 e. The molecule has 2 aromatic rings. The van der Waals surface area contributed by atoms with E-state index in [4.69, 9.17) is 26.8 Å². The molecule has 2 aromatic carbocycles. The number of para-hydroxylation sites is 1. The van der Waals surface area contributed by atoms with Crippen molar-refractivity contribution >= 4 is 47.0 Å². The first kappa shape index (κ1) is 41.6. The first-order chi connectivity index (χ1) is 27.1. The Hall–Kier alpha value is -4.03. The van der Waals surface area contributed by atoms with Gasteiger partial charge in [0.2, 0.25) is 0 Å². The Morgan fingerprint density at radius 2 is 1.57 bits per heavy atom. The van der Waals surface area contributed by atoms with Crippen LogP contribution in [0.3, 0.4) is 0 Å². The zero-order valence-corrected chi connectivity index (χ0v) is 34.1. The van der Waals surface area contributed by atoms with Crippen molar-refractivity contribution in [1.29, 1.82) is 0 Å². The molecule has 306 valence electrons. The molecule has 0 aliphatic carbocycles. The number of rotatable bonds is 13. The lowest BCUT2D eigenvalue weighted by atomic mass is 9.78. The fourth-order valence-electron chi connectivity index (χ4n) is 8.95. The predicted molar refractivity (Wildman–Crippen MR) is 219 cm³/mol. The van der Waals surface area contributed by atoms with E-state index < -0.39 is 12.2 Å². The van der Waals surface area contributed by atoms with Gasteiger partial charge in [0.05, 0.1) is 23.9 Å². The SMILES string of the molecule is CCCCCCOC(=O)CN1CCC(C2CCN(C(=O)[C@@H](Cc3cc(C)c(N)c(Cl)c3)OC(=O)N3CCC(N4CCc5ccccc5NC4=O)CC3)CC2)CC1. The summed E-state index contributed by atoms with van der Waals surface area (Å²) in [4.78, 5) is 61.1. The summed E-state index contributed by atoms with van der Waals surface area (Å²) in [5, 5.41) is 3.46. The second kappa shape index (κ2) is 19.9. The van der Waals surface area contributed by atoms with Crippen LogP contribution >= 0.6 is 11.6 Å². The van der Waals surface area contributed by atoms with Crippen LogP contribution in [-0.2, 0) is 31.9 Å². The van der Waals surface area contributed by atoms with Crippen LogP contribution in [0.15, 0.2) is 36.4 Å². The number of anilines is 2. The van der Waals surface area contributed by atoms with E-state index in [1.54, 1.807) is 11.0 Å². The molecule has 3 saturated heterocycles. The molecule has 0 aromatic heterocycles. The van der Waals surface area contributed by atoms with Crippen molar-refractivity contribution in [3.05, 3.63) is 58.1 Å². The Morgan fingerprint density at radius 1 is 0.893 bits per heavy atom. The number of urea groups is 1. The maximum absolute atomic E-state index is 14.2. The number of nitrogen functional groups attached to an aromatic ring is 1. The number of esters is 1. The summed E-state index contributed by atoms with van der Waals surface area (Å²) in [6, 6.07) is 11.4. The van der Waals surface area contributed by atoms with Gasteiger partial charge in [-0.3, -0.25) is 14.5 Å². The summed E-state index contributed by atoms with van der Waals surface area (Å²) in [6.07, 6.45) is 8.89. The van der Waals surface area contributed by atoms with Crippen LogP contribution < -0.4 is 11.1 Å². The van der Waals surface area contributed by atoms with E-state index in [9.17, 15) is 19.2 Å². The van der Waals surface area contributed by atoms with Crippen molar-refractivity contribution in [2.75, 3.05) is 70.0 Å². The number of amides is 4. The minimum absolute atomic E-state index is 0.000771. The molecule has 6 rings (SSSR count). The summed E-state index contributed by atoms with van der Waals surface area (Å²) in [5.41, 5.74) is 10.2. The maximum Gasteiger partial charge on any atom is 0.410 e. The fraction of sp³-hybridized carbons (Fsp3) is 0.628. The third-order valence-electron chi connectivity index (χ3n) is 12.4. The number of hydrogen-bond donors (Lipinski definition) is 2. The van der Waals surface area contributed by atoms with Crippen LogP contribution in [0, 0.1) is 18.8 Å². The zero-order chi connectivity index (χ0) is 39.6. The van der Waals surface area contributed by atoms with Crippen molar-refractivity contribution in [2.45, 2.75) is 103 Å². The molecule has 1 atom stereocenters. The maximum atomic E-state index is 14.2. The molecule has 3 N–H and O–H groups in total. The highest BCUT2D eigenvalue weighted by molar-refractivity contribution is 6.33. The smallest absolute Gasteiger partial charge is 0.410 e. The monoisotopic (exact) mass is 792 g/mol. The van der Waals surface area contributed by atoms with E-state index in [0.717, 1.165) is 86.8 Å². The Kier molecular flexibility index (Phi) is 14.8. The van der Waals surface area contributed by atoms with Gasteiger partial charge in [0.1, 0.15) is 0 Å². The zero-order valence-electron chi connectivity index (χ0n) is 33.3. The van der Waals surface area contributed by atoms with Gasteiger partial charge in [-0.15, -0.1) is 0 Å². The van der Waals surface area contributed by atoms with Crippen LogP contribution in [0.1, 0.15) is 87.8 Å². The fourth-order valence-corrected chi connectivity index (χ4v) is 9.24. The minimum Gasteiger partial charge on any atom is -0.465 e. The third-order valence-corrected chi connectivity index (χ3v) is 12.7. The highest BCUT2D eigenvalue weighted by atomic mass is 35.5. The Labute approximate surface area is 337 Å². The van der Waals surface area contributed by atoms with Crippen LogP contribution in [0.2, 0.25) is 5.02 Å². The average Bonchev–Trinajstić information content (AvgIpc) is 3.37. The number of nitrogens with one attached hydrogen (secondary N) is 1. The summed E-state index contributed by atoms with van der Waals surface area (Å²) >= 11 is 6.45. The third kappa shape index (κ3) is 10.9. The number of nitrogens with two attached hydrogens (primary N) is 1. The normalized spacial score (nSPS) is 19.6. The van der Waals surface area contributed by atoms with Gasteiger partial charge in [-0.25, -0.2) is 9.59 Å². The molecule has 12 nitrogen and oxygen atoms in total. The number of aryl methyl sites for hydroxylation is 1. The van der Waals surface area contributed by atoms with Crippen molar-refractivity contribution in [1.82, 2.24) is 19.6 Å². The molecule has 13 heteroatoms. The van der Waals surface area contributed by atoms with E-state index in [1.807, 2.05) is 47.1 Å². The highest BCUT2D eigenvalue weighted by Gasteiger charge is 2.37. The van der Waals surface area contributed by atoms with Gasteiger partial charge < -0.3 is 35.2 Å². The molecule has 4 heterocycles. The molecule has 4 aliphatic rings. The first-order valence-electron chi connectivity index (χ1n) is 20.9. The van der Waals surface area contributed by atoms with Crippen molar-refractivity contribution in [2.24, 2.45) is 11.8 Å². The molecule has 0 bridgehead atoms. The lowest BCUT2D eigenvalue weighted by molar-refractivity contribution is -0.145. The van der Waals surface area contributed by atoms with Crippen LogP contribution in [0.25, 0.3) is 0 Å². The quantitative estimate of drug-likeness (QED) is 0.127. The molecule has 4 aliphatic heterocycles. The molecule has 0 spiro atoms. The number of piperidine rings is 3. The second-order valence-corrected chi connectivity index (χ2v) is 16.6. The van der Waals surface area contributed by atoms with E-state index in [2.05, 4.69) is 17.1 Å². The number of unbranched alkanes of at least 4 members (excludes halogenated alkanes) is 3. The lowest BCUT2D eigenvalue weighted by Crippen LogP contribution is -2.52. The van der Waals surface area contributed by atoms with Gasteiger partial charge >= 0.3 is 18.1 Å². The van der Waals surface area contributed by atoms with E-state index in [-0.39, 0.29) is 30.4 Å². The Balaban J connectivity index is 1.00. The molecule has 3 fully saturated rings. The lowest BCUT2D eigenvalue weighted by Gasteiger charge is -2.41. The molecule has 4 amide bonds. The summed E-state index contributed by atoms with van der Waals surface area (Å²) in [5.74, 6) is 0.742. The van der Waals surface area contributed by atoms with Gasteiger partial charge in [-0.05, 0) is 112 Å². The van der Waals surface area contributed by atoms with Crippen LogP contribution in [0.4, 0.5) is 21.0 Å². The van der Waals surface area contributed by atoms with Crippen molar-refractivity contribution in [3.63, 3.8) is 0 Å². The number of hydrogen-bond acceptors (Lipinski definition) is 8. The molecular formula is C43H61ClN6O6. The average molecular weight is 793 g/mol. The van der Waals surface area contributed by atoms with Crippen molar-refractivity contribution in [3.8, 4) is 0 Å². The second-order valence-electron chi connectivity index (χ2n) is 16.2. The predicted octanol–water partition coefficient (Wildman–Crippen LogP) is 6.91. The molecule has 0 saturated carbocycles. The van der Waals surface area contributed by atoms with Gasteiger partial charge in [-0.2, -0.15) is 0 Å². The number of nitrogens with zero attached hydrogens (tertiary/aromatic N) is 4. The Bertz CT molecular complexity index is 1640. The number of likely N-dealkylation sites (tertiary alicyclic amines) is 3. The van der Waals surface area contributed by atoms with E-state index in [1.165, 1.54) is 6.42 Å².